The highest BCUT2D eigenvalue weighted by Crippen LogP contribution is 2.42. The lowest BCUT2D eigenvalue weighted by Gasteiger charge is -2.10. The first-order valence-corrected chi connectivity index (χ1v) is 11.0. The summed E-state index contributed by atoms with van der Waals surface area (Å²) < 4.78 is 22.7. The highest BCUT2D eigenvalue weighted by atomic mass is 16.5. The van der Waals surface area contributed by atoms with Crippen LogP contribution in [-0.2, 0) is 0 Å². The summed E-state index contributed by atoms with van der Waals surface area (Å²) in [4.78, 5) is 22.0. The van der Waals surface area contributed by atoms with Crippen LogP contribution < -0.4 is 14.9 Å². The smallest absolute Gasteiger partial charge is 0.207 e. The molecule has 6 aromatic rings. The molecule has 1 N–H and O–H groups in total. The van der Waals surface area contributed by atoms with E-state index < -0.39 is 0 Å². The van der Waals surface area contributed by atoms with Gasteiger partial charge in [0, 0.05) is 11.1 Å². The van der Waals surface area contributed by atoms with Crippen LogP contribution in [0.25, 0.3) is 55.8 Å². The van der Waals surface area contributed by atoms with Crippen LogP contribution in [0.4, 0.5) is 0 Å². The minimum Gasteiger partial charge on any atom is -0.495 e. The van der Waals surface area contributed by atoms with Crippen LogP contribution in [0.3, 0.4) is 0 Å². The Balaban J connectivity index is 1.64. The normalized spacial score (nSPS) is 11.3. The van der Waals surface area contributed by atoms with Crippen LogP contribution >= 0.6 is 0 Å². The van der Waals surface area contributed by atoms with Crippen molar-refractivity contribution in [3.05, 3.63) is 89.5 Å². The van der Waals surface area contributed by atoms with Crippen molar-refractivity contribution in [3.63, 3.8) is 0 Å². The molecule has 0 spiro atoms. The maximum Gasteiger partial charge on any atom is 0.207 e. The fourth-order valence-corrected chi connectivity index (χ4v) is 4.42. The Morgan fingerprint density at radius 2 is 1.49 bits per heavy atom. The van der Waals surface area contributed by atoms with E-state index in [4.69, 9.17) is 23.3 Å². The zero-order valence-corrected chi connectivity index (χ0v) is 19.0. The molecule has 0 atom stereocenters. The maximum absolute atomic E-state index is 13.8. The third-order valence-corrected chi connectivity index (χ3v) is 6.02. The standard InChI is InChI=1S/C28H20N2O5/c1-32-24-18-13-14-34-25(18)27(33-2)26-20(24)23(31)19(15-35-26)28-29-21(16-9-5-3-6-10-16)22(30-28)17-11-7-4-8-12-17/h3-15H,1-2H3,(H,29,30). The molecule has 7 heteroatoms. The van der Waals surface area contributed by atoms with Gasteiger partial charge in [0.25, 0.3) is 0 Å². The van der Waals surface area contributed by atoms with Crippen LogP contribution in [0.5, 0.6) is 11.5 Å². The first-order valence-electron chi connectivity index (χ1n) is 11.0. The predicted molar refractivity (Wildman–Crippen MR) is 134 cm³/mol. The fraction of sp³-hybridized carbons (Fsp3) is 0.0714. The van der Waals surface area contributed by atoms with Gasteiger partial charge in [-0.2, -0.15) is 0 Å². The lowest BCUT2D eigenvalue weighted by molar-refractivity contribution is 0.400. The van der Waals surface area contributed by atoms with Gasteiger partial charge in [0.05, 0.1) is 37.3 Å². The number of benzene rings is 3. The Labute approximate surface area is 199 Å². The molecule has 0 aliphatic carbocycles. The van der Waals surface area contributed by atoms with E-state index in [-0.39, 0.29) is 22.0 Å². The third kappa shape index (κ3) is 3.20. The van der Waals surface area contributed by atoms with Crippen LogP contribution in [0, 0.1) is 0 Å². The van der Waals surface area contributed by atoms with Crippen LogP contribution in [-0.4, -0.2) is 24.2 Å². The van der Waals surface area contributed by atoms with Gasteiger partial charge in [-0.25, -0.2) is 4.98 Å². The highest BCUT2D eigenvalue weighted by molar-refractivity contribution is 6.07. The second kappa shape index (κ2) is 8.22. The number of fused-ring (bicyclic) bond motifs is 2. The summed E-state index contributed by atoms with van der Waals surface area (Å²) in [5.74, 6) is 1.09. The number of aromatic nitrogens is 2. The Hall–Kier alpha value is -4.78. The molecular weight excluding hydrogens is 444 g/mol. The van der Waals surface area contributed by atoms with E-state index >= 15 is 0 Å². The molecule has 172 valence electrons. The third-order valence-electron chi connectivity index (χ3n) is 6.02. The minimum atomic E-state index is -0.294. The van der Waals surface area contributed by atoms with Crippen molar-refractivity contribution >= 4 is 21.9 Å². The first-order chi connectivity index (χ1) is 17.2. The summed E-state index contributed by atoms with van der Waals surface area (Å²) in [6.45, 7) is 0. The molecule has 3 aromatic carbocycles. The van der Waals surface area contributed by atoms with Gasteiger partial charge in [0.2, 0.25) is 11.2 Å². The van der Waals surface area contributed by atoms with Crippen molar-refractivity contribution in [2.75, 3.05) is 14.2 Å². The van der Waals surface area contributed by atoms with Crippen molar-refractivity contribution in [1.29, 1.82) is 0 Å². The molecular formula is C28H20N2O5. The molecule has 6 rings (SSSR count). The molecule has 7 nitrogen and oxygen atoms in total. The quantitative estimate of drug-likeness (QED) is 0.323. The van der Waals surface area contributed by atoms with E-state index in [9.17, 15) is 4.79 Å². The van der Waals surface area contributed by atoms with Crippen molar-refractivity contribution in [3.8, 4) is 45.4 Å². The Bertz CT molecular complexity index is 1670. The number of H-pyrrole nitrogens is 1. The average molecular weight is 464 g/mol. The largest absolute Gasteiger partial charge is 0.495 e. The second-order valence-electron chi connectivity index (χ2n) is 7.95. The van der Waals surface area contributed by atoms with Gasteiger partial charge in [0.1, 0.15) is 28.8 Å². The summed E-state index contributed by atoms with van der Waals surface area (Å²) in [6, 6.07) is 21.4. The Morgan fingerprint density at radius 3 is 2.17 bits per heavy atom. The van der Waals surface area contributed by atoms with Gasteiger partial charge in [-0.3, -0.25) is 4.79 Å². The molecule has 0 aliphatic rings. The number of ether oxygens (including phenoxy) is 2. The number of imidazole rings is 1. The van der Waals surface area contributed by atoms with E-state index in [1.54, 1.807) is 6.07 Å². The monoisotopic (exact) mass is 464 g/mol. The fourth-order valence-electron chi connectivity index (χ4n) is 4.42. The number of rotatable bonds is 5. The zero-order chi connectivity index (χ0) is 23.9. The van der Waals surface area contributed by atoms with E-state index in [0.717, 1.165) is 22.5 Å². The highest BCUT2D eigenvalue weighted by Gasteiger charge is 2.25. The number of nitrogens with zero attached hydrogens (tertiary/aromatic N) is 1. The number of hydrogen-bond acceptors (Lipinski definition) is 6. The van der Waals surface area contributed by atoms with E-state index in [1.165, 1.54) is 26.7 Å². The number of aromatic amines is 1. The molecule has 35 heavy (non-hydrogen) atoms. The molecule has 0 aliphatic heterocycles. The van der Waals surface area contributed by atoms with Gasteiger partial charge in [-0.15, -0.1) is 0 Å². The van der Waals surface area contributed by atoms with Crippen molar-refractivity contribution in [2.24, 2.45) is 0 Å². The Morgan fingerprint density at radius 1 is 0.800 bits per heavy atom. The average Bonchev–Trinajstić information content (AvgIpc) is 3.57. The number of hydrogen-bond donors (Lipinski definition) is 1. The van der Waals surface area contributed by atoms with E-state index in [0.29, 0.717) is 28.3 Å². The number of nitrogens with one attached hydrogen (secondary N) is 1. The first kappa shape index (κ1) is 20.8. The van der Waals surface area contributed by atoms with Crippen LogP contribution in [0.1, 0.15) is 0 Å². The van der Waals surface area contributed by atoms with Crippen molar-refractivity contribution in [1.82, 2.24) is 9.97 Å². The number of furan rings is 1. The molecule has 0 saturated carbocycles. The summed E-state index contributed by atoms with van der Waals surface area (Å²) in [6.07, 6.45) is 2.91. The Kier molecular flexibility index (Phi) is 4.88. The molecule has 0 fully saturated rings. The van der Waals surface area contributed by atoms with Gasteiger partial charge in [-0.05, 0) is 6.07 Å². The molecule has 3 heterocycles. The van der Waals surface area contributed by atoms with Gasteiger partial charge in [0.15, 0.2) is 11.2 Å². The minimum absolute atomic E-state index is 0.249. The van der Waals surface area contributed by atoms with Gasteiger partial charge in [-0.1, -0.05) is 60.7 Å². The maximum atomic E-state index is 13.8. The SMILES string of the molecule is COc1c2occc2c(OC)c2c(=O)c(-c3nc(-c4ccccc4)c(-c4ccccc4)[nH]3)coc12. The lowest BCUT2D eigenvalue weighted by Crippen LogP contribution is -2.08. The van der Waals surface area contributed by atoms with Crippen LogP contribution in [0.15, 0.2) is 92.9 Å². The van der Waals surface area contributed by atoms with Crippen molar-refractivity contribution < 1.29 is 18.3 Å². The summed E-state index contributed by atoms with van der Waals surface area (Å²) in [7, 11) is 3.01. The second-order valence-corrected chi connectivity index (χ2v) is 7.95. The van der Waals surface area contributed by atoms with E-state index in [1.807, 2.05) is 60.7 Å². The van der Waals surface area contributed by atoms with Gasteiger partial charge >= 0.3 is 0 Å². The topological polar surface area (TPSA) is 90.5 Å². The number of methoxy groups -OCH3 is 2. The molecule has 0 saturated heterocycles. The predicted octanol–water partition coefficient (Wildman–Crippen LogP) is 6.28. The molecule has 0 radical (unpaired) electrons. The molecule has 0 amide bonds. The summed E-state index contributed by atoms with van der Waals surface area (Å²) in [5, 5.41) is 0.880. The molecule has 3 aromatic heterocycles. The van der Waals surface area contributed by atoms with Crippen molar-refractivity contribution in [2.45, 2.75) is 0 Å². The summed E-state index contributed by atoms with van der Waals surface area (Å²) >= 11 is 0. The molecule has 0 unspecified atom stereocenters. The zero-order valence-electron chi connectivity index (χ0n) is 19.0. The lowest BCUT2D eigenvalue weighted by atomic mass is 10.1. The van der Waals surface area contributed by atoms with E-state index in [2.05, 4.69) is 4.98 Å². The van der Waals surface area contributed by atoms with Crippen LogP contribution in [0.2, 0.25) is 0 Å². The molecule has 0 bridgehead atoms. The summed E-state index contributed by atoms with van der Waals surface area (Å²) in [5.41, 5.74) is 4.11. The van der Waals surface area contributed by atoms with Gasteiger partial charge < -0.3 is 23.3 Å².